The van der Waals surface area contributed by atoms with Crippen LogP contribution in [0.4, 0.5) is 14.6 Å². The van der Waals surface area contributed by atoms with Crippen molar-refractivity contribution < 1.29 is 13.5 Å². The highest BCUT2D eigenvalue weighted by atomic mass is 19.1. The standard InChI is InChI=1S/C32H28F2N6O2/c1-17(2)42-25-12-11-20(14-24(25)34)23-15-39(31-28(23)30(35)36-16-37-31)19(4)29-27(21-8-6-9-22(33)13-21)32(41)40-18(3)7-5-10-26(40)38-29/h5-17,19H,1-4H3,(H2,35,36,37)/t19-/m0/s1. The molecule has 6 aromatic rings. The number of nitrogens with two attached hydrogens (primary N) is 1. The first-order valence-electron chi connectivity index (χ1n) is 13.5. The second-order valence-corrected chi connectivity index (χ2v) is 10.4. The third-order valence-electron chi connectivity index (χ3n) is 7.24. The molecule has 10 heteroatoms. The Morgan fingerprint density at radius 2 is 1.74 bits per heavy atom. The third kappa shape index (κ3) is 4.54. The maximum Gasteiger partial charge on any atom is 0.266 e. The Bertz CT molecular complexity index is 2050. The van der Waals surface area contributed by atoms with Crippen LogP contribution in [0.3, 0.4) is 0 Å². The largest absolute Gasteiger partial charge is 0.488 e. The van der Waals surface area contributed by atoms with Gasteiger partial charge in [0.15, 0.2) is 11.6 Å². The first kappa shape index (κ1) is 27.1. The topological polar surface area (TPSA) is 100 Å². The molecule has 2 N–H and O–H groups in total. The van der Waals surface area contributed by atoms with Crippen LogP contribution in [0.25, 0.3) is 38.9 Å². The average molecular weight is 567 g/mol. The number of rotatable bonds is 6. The van der Waals surface area contributed by atoms with Crippen LogP contribution >= 0.6 is 0 Å². The molecule has 0 bridgehead atoms. The highest BCUT2D eigenvalue weighted by Gasteiger charge is 2.25. The molecule has 0 unspecified atom stereocenters. The Kier molecular flexibility index (Phi) is 6.68. The maximum absolute atomic E-state index is 15.1. The number of benzene rings is 2. The number of hydrogen-bond donors (Lipinski definition) is 1. The Balaban J connectivity index is 1.60. The van der Waals surface area contributed by atoms with Crippen LogP contribution in [-0.4, -0.2) is 30.0 Å². The molecule has 8 nitrogen and oxygen atoms in total. The second-order valence-electron chi connectivity index (χ2n) is 10.4. The monoisotopic (exact) mass is 566 g/mol. The van der Waals surface area contributed by atoms with E-state index in [0.29, 0.717) is 44.8 Å². The van der Waals surface area contributed by atoms with Gasteiger partial charge in [-0.25, -0.2) is 23.7 Å². The zero-order valence-corrected chi connectivity index (χ0v) is 23.5. The lowest BCUT2D eigenvalue weighted by molar-refractivity contribution is 0.231. The van der Waals surface area contributed by atoms with E-state index in [-0.39, 0.29) is 28.8 Å². The van der Waals surface area contributed by atoms with E-state index in [9.17, 15) is 9.18 Å². The number of nitrogen functional groups attached to an aromatic ring is 1. The molecule has 212 valence electrons. The molecule has 0 saturated carbocycles. The normalized spacial score (nSPS) is 12.4. The summed E-state index contributed by atoms with van der Waals surface area (Å²) in [5.74, 6) is -0.623. The number of fused-ring (bicyclic) bond motifs is 2. The molecule has 1 atom stereocenters. The van der Waals surface area contributed by atoms with Gasteiger partial charge in [-0.05, 0) is 75.2 Å². The number of hydrogen-bond acceptors (Lipinski definition) is 6. The minimum atomic E-state index is -0.569. The van der Waals surface area contributed by atoms with Crippen molar-refractivity contribution in [2.45, 2.75) is 39.8 Å². The van der Waals surface area contributed by atoms with E-state index in [1.807, 2.05) is 44.4 Å². The average Bonchev–Trinajstić information content (AvgIpc) is 3.34. The van der Waals surface area contributed by atoms with Gasteiger partial charge in [0.05, 0.1) is 28.8 Å². The van der Waals surface area contributed by atoms with E-state index in [1.54, 1.807) is 36.5 Å². The summed E-state index contributed by atoms with van der Waals surface area (Å²) < 4.78 is 38.4. The van der Waals surface area contributed by atoms with Crippen molar-refractivity contribution in [3.63, 3.8) is 0 Å². The zero-order chi connectivity index (χ0) is 29.7. The number of nitrogens with zero attached hydrogens (tertiary/aromatic N) is 5. The predicted molar refractivity (Wildman–Crippen MR) is 159 cm³/mol. The van der Waals surface area contributed by atoms with Gasteiger partial charge in [-0.15, -0.1) is 0 Å². The lowest BCUT2D eigenvalue weighted by atomic mass is 10.0. The number of anilines is 1. The van der Waals surface area contributed by atoms with Gasteiger partial charge in [-0.2, -0.15) is 0 Å². The minimum Gasteiger partial charge on any atom is -0.488 e. The molecule has 4 heterocycles. The van der Waals surface area contributed by atoms with Gasteiger partial charge in [0.25, 0.3) is 5.56 Å². The predicted octanol–water partition coefficient (Wildman–Crippen LogP) is 6.34. The molecular weight excluding hydrogens is 538 g/mol. The fourth-order valence-corrected chi connectivity index (χ4v) is 5.35. The van der Waals surface area contributed by atoms with Crippen molar-refractivity contribution >= 4 is 22.5 Å². The van der Waals surface area contributed by atoms with E-state index in [2.05, 4.69) is 9.97 Å². The number of halogens is 2. The number of aryl methyl sites for hydroxylation is 1. The summed E-state index contributed by atoms with van der Waals surface area (Å²) in [5, 5.41) is 0.530. The van der Waals surface area contributed by atoms with Crippen LogP contribution in [-0.2, 0) is 0 Å². The van der Waals surface area contributed by atoms with Crippen molar-refractivity contribution in [3.8, 4) is 28.0 Å². The number of pyridine rings is 1. The Morgan fingerprint density at radius 3 is 2.48 bits per heavy atom. The molecule has 0 aliphatic heterocycles. The Hall–Kier alpha value is -5.12. The highest BCUT2D eigenvalue weighted by Crippen LogP contribution is 2.38. The summed E-state index contributed by atoms with van der Waals surface area (Å²) in [6.45, 7) is 7.34. The summed E-state index contributed by atoms with van der Waals surface area (Å²) in [6, 6.07) is 15.4. The Labute approximate surface area is 240 Å². The van der Waals surface area contributed by atoms with Crippen LogP contribution in [0, 0.1) is 18.6 Å². The smallest absolute Gasteiger partial charge is 0.266 e. The van der Waals surface area contributed by atoms with Gasteiger partial charge in [-0.1, -0.05) is 24.3 Å². The summed E-state index contributed by atoms with van der Waals surface area (Å²) in [6.07, 6.45) is 2.96. The molecule has 0 aliphatic rings. The van der Waals surface area contributed by atoms with E-state index in [1.165, 1.54) is 28.9 Å². The van der Waals surface area contributed by atoms with Crippen LogP contribution in [0.5, 0.6) is 5.75 Å². The van der Waals surface area contributed by atoms with E-state index in [0.717, 1.165) is 0 Å². The quantitative estimate of drug-likeness (QED) is 0.253. The van der Waals surface area contributed by atoms with Gasteiger partial charge in [-0.3, -0.25) is 9.20 Å². The lowest BCUT2D eigenvalue weighted by Gasteiger charge is -2.19. The molecule has 4 aromatic heterocycles. The minimum absolute atomic E-state index is 0.144. The third-order valence-corrected chi connectivity index (χ3v) is 7.24. The van der Waals surface area contributed by atoms with Gasteiger partial charge >= 0.3 is 0 Å². The van der Waals surface area contributed by atoms with E-state index in [4.69, 9.17) is 15.5 Å². The van der Waals surface area contributed by atoms with Crippen LogP contribution < -0.4 is 16.0 Å². The SMILES string of the molecule is Cc1cccc2nc([C@H](C)n3cc(-c4ccc(OC(C)C)c(F)c4)c4c(N)ncnc43)c(-c3cccc(F)c3)c(=O)n12. The Morgan fingerprint density at radius 1 is 0.952 bits per heavy atom. The van der Waals surface area contributed by atoms with Crippen molar-refractivity contribution in [1.82, 2.24) is 23.9 Å². The zero-order valence-electron chi connectivity index (χ0n) is 23.5. The summed E-state index contributed by atoms with van der Waals surface area (Å²) >= 11 is 0. The molecule has 0 spiro atoms. The fraction of sp³-hybridized carbons (Fsp3) is 0.188. The molecule has 42 heavy (non-hydrogen) atoms. The summed E-state index contributed by atoms with van der Waals surface area (Å²) in [5.41, 5.74) is 9.89. The van der Waals surface area contributed by atoms with E-state index < -0.39 is 17.7 Å². The number of ether oxygens (including phenoxy) is 1. The van der Waals surface area contributed by atoms with E-state index >= 15 is 4.39 Å². The van der Waals surface area contributed by atoms with Gasteiger partial charge in [0.1, 0.15) is 29.3 Å². The van der Waals surface area contributed by atoms with Crippen LogP contribution in [0.15, 0.2) is 78.0 Å². The lowest BCUT2D eigenvalue weighted by Crippen LogP contribution is -2.24. The number of aromatic nitrogens is 5. The molecule has 0 aliphatic carbocycles. The van der Waals surface area contributed by atoms with Crippen molar-refractivity contribution in [2.24, 2.45) is 0 Å². The molecule has 2 aromatic carbocycles. The molecule has 0 saturated heterocycles. The van der Waals surface area contributed by atoms with Gasteiger partial charge in [0.2, 0.25) is 0 Å². The first-order chi connectivity index (χ1) is 20.1. The maximum atomic E-state index is 15.1. The van der Waals surface area contributed by atoms with Gasteiger partial charge < -0.3 is 15.0 Å². The molecule has 0 fully saturated rings. The molecule has 0 radical (unpaired) electrons. The van der Waals surface area contributed by atoms with Crippen molar-refractivity contribution in [1.29, 1.82) is 0 Å². The second kappa shape index (κ2) is 10.4. The summed E-state index contributed by atoms with van der Waals surface area (Å²) in [4.78, 5) is 27.6. The molecular formula is C32H28F2N6O2. The van der Waals surface area contributed by atoms with Gasteiger partial charge in [0, 0.05) is 17.5 Å². The first-order valence-corrected chi connectivity index (χ1v) is 13.5. The highest BCUT2D eigenvalue weighted by molar-refractivity contribution is 6.00. The molecule has 0 amide bonds. The fourth-order valence-electron chi connectivity index (χ4n) is 5.35. The van der Waals surface area contributed by atoms with Crippen molar-refractivity contribution in [3.05, 3.63) is 107 Å². The summed E-state index contributed by atoms with van der Waals surface area (Å²) in [7, 11) is 0. The molecule has 6 rings (SSSR count). The van der Waals surface area contributed by atoms with Crippen LogP contribution in [0.2, 0.25) is 0 Å². The van der Waals surface area contributed by atoms with Crippen LogP contribution in [0.1, 0.15) is 38.2 Å². The van der Waals surface area contributed by atoms with Crippen molar-refractivity contribution in [2.75, 3.05) is 5.73 Å².